The monoisotopic (exact) mass is 911 g/mol. The van der Waals surface area contributed by atoms with Crippen LogP contribution in [0.25, 0.3) is 0 Å². The fourth-order valence-electron chi connectivity index (χ4n) is 6.93. The second kappa shape index (κ2) is 55.4. The quantitative estimate of drug-likeness (QED) is 0.0374. The topological polar surface area (TPSA) is 72.8 Å². The maximum Gasteiger partial charge on any atom is 0.306 e. The van der Waals surface area contributed by atoms with E-state index in [1.54, 1.807) is 0 Å². The molecule has 0 heterocycles. The van der Waals surface area contributed by atoms with E-state index in [-0.39, 0.29) is 25.2 Å². The molecule has 0 aliphatic carbocycles. The van der Waals surface area contributed by atoms with Crippen LogP contribution < -0.4 is 0 Å². The molecule has 66 heavy (non-hydrogen) atoms. The van der Waals surface area contributed by atoms with Crippen LogP contribution in [0.5, 0.6) is 0 Å². The van der Waals surface area contributed by atoms with E-state index in [1.807, 2.05) is 0 Å². The molecule has 5 heteroatoms. The van der Waals surface area contributed by atoms with Crippen molar-refractivity contribution < 1.29 is 24.2 Å². The number of aliphatic hydroxyl groups excluding tert-OH is 1. The van der Waals surface area contributed by atoms with Gasteiger partial charge in [0.15, 0.2) is 6.10 Å². The first-order valence-electron chi connectivity index (χ1n) is 26.7. The van der Waals surface area contributed by atoms with Crippen LogP contribution in [0, 0.1) is 0 Å². The second-order valence-corrected chi connectivity index (χ2v) is 17.2. The number of hydrogen-bond acceptors (Lipinski definition) is 5. The Bertz CT molecular complexity index is 1400. The molecule has 1 unspecified atom stereocenters. The van der Waals surface area contributed by atoms with Gasteiger partial charge < -0.3 is 14.6 Å². The van der Waals surface area contributed by atoms with Crippen LogP contribution in [-0.4, -0.2) is 36.4 Å². The number of allylic oxidation sites excluding steroid dienone is 22. The molecule has 0 spiro atoms. The molecule has 0 saturated heterocycles. The summed E-state index contributed by atoms with van der Waals surface area (Å²) in [7, 11) is 0. The number of aliphatic hydroxyl groups is 1. The summed E-state index contributed by atoms with van der Waals surface area (Å²) in [5, 5.41) is 9.64. The second-order valence-electron chi connectivity index (χ2n) is 17.2. The lowest BCUT2D eigenvalue weighted by Crippen LogP contribution is -2.28. The van der Waals surface area contributed by atoms with Gasteiger partial charge in [-0.1, -0.05) is 225 Å². The van der Waals surface area contributed by atoms with Gasteiger partial charge in [0, 0.05) is 12.8 Å². The third kappa shape index (κ3) is 52.7. The molecule has 0 radical (unpaired) electrons. The van der Waals surface area contributed by atoms with Gasteiger partial charge in [0.1, 0.15) is 6.61 Å². The average molecular weight is 911 g/mol. The van der Waals surface area contributed by atoms with Crippen molar-refractivity contribution in [1.29, 1.82) is 0 Å². The van der Waals surface area contributed by atoms with Crippen LogP contribution in [0.3, 0.4) is 0 Å². The molecule has 5 nitrogen and oxygen atoms in total. The van der Waals surface area contributed by atoms with Gasteiger partial charge in [0.2, 0.25) is 0 Å². The Morgan fingerprint density at radius 2 is 0.652 bits per heavy atom. The van der Waals surface area contributed by atoms with E-state index in [1.165, 1.54) is 70.6 Å². The lowest BCUT2D eigenvalue weighted by molar-refractivity contribution is -0.161. The molecular formula is C61H98O5. The highest BCUT2D eigenvalue weighted by Crippen LogP contribution is 2.13. The molecule has 0 saturated carbocycles. The van der Waals surface area contributed by atoms with Gasteiger partial charge in [-0.05, 0) is 116 Å². The summed E-state index contributed by atoms with van der Waals surface area (Å²) in [5.74, 6) is -0.631. The minimum absolute atomic E-state index is 0.0876. The summed E-state index contributed by atoms with van der Waals surface area (Å²) in [4.78, 5) is 24.5. The SMILES string of the molecule is CC/C=C\C/C=C\C/C=C\C/C=C\C/C=C\C/C=C\C/C=C\C/C=C\CCCCCCCCC(=O)OC(CO)COC(=O)CCCCCCCC/C=C\C/C=C\C/C=C\CCCCCCC. The molecule has 0 aromatic rings. The highest BCUT2D eigenvalue weighted by Gasteiger charge is 2.16. The normalized spacial score (nSPS) is 13.3. The molecule has 0 aliphatic heterocycles. The first-order chi connectivity index (χ1) is 32.6. The maximum absolute atomic E-state index is 12.3. The minimum atomic E-state index is -0.797. The average Bonchev–Trinajstić information content (AvgIpc) is 3.32. The molecule has 0 rings (SSSR count). The van der Waals surface area contributed by atoms with Crippen LogP contribution in [0.2, 0.25) is 0 Å². The van der Waals surface area contributed by atoms with E-state index < -0.39 is 6.10 Å². The van der Waals surface area contributed by atoms with Crippen LogP contribution in [-0.2, 0) is 19.1 Å². The molecule has 0 amide bonds. The van der Waals surface area contributed by atoms with Crippen LogP contribution in [0.4, 0.5) is 0 Å². The van der Waals surface area contributed by atoms with Gasteiger partial charge in [-0.25, -0.2) is 0 Å². The molecule has 0 fully saturated rings. The Hall–Kier alpha value is -3.96. The van der Waals surface area contributed by atoms with Gasteiger partial charge in [0.05, 0.1) is 6.61 Å². The van der Waals surface area contributed by atoms with E-state index in [9.17, 15) is 14.7 Å². The van der Waals surface area contributed by atoms with Crippen LogP contribution in [0.1, 0.15) is 219 Å². The lowest BCUT2D eigenvalue weighted by atomic mass is 10.1. The van der Waals surface area contributed by atoms with E-state index in [2.05, 4.69) is 148 Å². The van der Waals surface area contributed by atoms with Crippen LogP contribution in [0.15, 0.2) is 134 Å². The van der Waals surface area contributed by atoms with Crippen molar-refractivity contribution in [2.24, 2.45) is 0 Å². The third-order valence-electron chi connectivity index (χ3n) is 10.9. The number of carbonyl (C=O) groups is 2. The smallest absolute Gasteiger partial charge is 0.306 e. The van der Waals surface area contributed by atoms with Crippen molar-refractivity contribution in [2.75, 3.05) is 13.2 Å². The Morgan fingerprint density at radius 1 is 0.364 bits per heavy atom. The van der Waals surface area contributed by atoms with E-state index >= 15 is 0 Å². The largest absolute Gasteiger partial charge is 0.462 e. The lowest BCUT2D eigenvalue weighted by Gasteiger charge is -2.15. The Labute approximate surface area is 406 Å². The summed E-state index contributed by atoms with van der Waals surface area (Å²) >= 11 is 0. The van der Waals surface area contributed by atoms with Crippen molar-refractivity contribution in [3.05, 3.63) is 134 Å². The zero-order chi connectivity index (χ0) is 47.7. The molecule has 372 valence electrons. The van der Waals surface area contributed by atoms with Crippen molar-refractivity contribution in [2.45, 2.75) is 225 Å². The highest BCUT2D eigenvalue weighted by molar-refractivity contribution is 5.70. The molecule has 0 aromatic carbocycles. The number of rotatable bonds is 47. The zero-order valence-corrected chi connectivity index (χ0v) is 42.4. The van der Waals surface area contributed by atoms with Gasteiger partial charge in [0.25, 0.3) is 0 Å². The Kier molecular flexibility index (Phi) is 52.0. The Balaban J connectivity index is 3.65. The Morgan fingerprint density at radius 3 is 0.985 bits per heavy atom. The molecule has 1 atom stereocenters. The summed E-state index contributed by atoms with van der Waals surface area (Å²) in [6.45, 7) is 3.98. The van der Waals surface area contributed by atoms with Crippen molar-refractivity contribution in [1.82, 2.24) is 0 Å². The summed E-state index contributed by atoms with van der Waals surface area (Å²) in [6, 6.07) is 0. The van der Waals surface area contributed by atoms with E-state index in [4.69, 9.17) is 9.47 Å². The predicted molar refractivity (Wildman–Crippen MR) is 288 cm³/mol. The highest BCUT2D eigenvalue weighted by atomic mass is 16.6. The fraction of sp³-hybridized carbons (Fsp3) is 0.607. The van der Waals surface area contributed by atoms with Crippen molar-refractivity contribution in [3.63, 3.8) is 0 Å². The number of esters is 2. The summed E-state index contributed by atoms with van der Waals surface area (Å²) in [5.41, 5.74) is 0. The van der Waals surface area contributed by atoms with Crippen molar-refractivity contribution in [3.8, 4) is 0 Å². The molecular weight excluding hydrogens is 813 g/mol. The summed E-state index contributed by atoms with van der Waals surface area (Å²) in [6.07, 6.45) is 82.5. The molecule has 1 N–H and O–H groups in total. The fourth-order valence-corrected chi connectivity index (χ4v) is 6.93. The minimum Gasteiger partial charge on any atom is -0.462 e. The van der Waals surface area contributed by atoms with Gasteiger partial charge in [-0.3, -0.25) is 9.59 Å². The molecule has 0 bridgehead atoms. The predicted octanol–water partition coefficient (Wildman–Crippen LogP) is 18.1. The maximum atomic E-state index is 12.3. The number of ether oxygens (including phenoxy) is 2. The zero-order valence-electron chi connectivity index (χ0n) is 42.4. The first-order valence-corrected chi connectivity index (χ1v) is 26.7. The standard InChI is InChI=1S/C61H98O5/c1-3-5-7-9-11-13-15-17-19-21-23-25-26-27-28-29-30-31-32-33-34-36-38-40-42-44-46-48-50-52-54-56-61(64)66-59(57-62)58-65-60(63)55-53-51-49-47-45-43-41-39-37-35-24-22-20-18-16-14-12-10-8-6-4-2/h5,7,11,13,16-19,22-25,27-28,30-31,33-34,37-40,59,62H,3-4,6,8-10,12,14-15,20-21,26,29,32,35-36,41-58H2,1-2H3/b7-5-,13-11-,18-16-,19-17-,24-22-,25-23-,28-27-,31-30-,34-33-,39-37-,40-38-. The van der Waals surface area contributed by atoms with Crippen LogP contribution >= 0.6 is 0 Å². The number of hydrogen-bond donors (Lipinski definition) is 1. The van der Waals surface area contributed by atoms with E-state index in [0.717, 1.165) is 122 Å². The van der Waals surface area contributed by atoms with Crippen molar-refractivity contribution >= 4 is 11.9 Å². The third-order valence-corrected chi connectivity index (χ3v) is 10.9. The van der Waals surface area contributed by atoms with Gasteiger partial charge in [-0.2, -0.15) is 0 Å². The van der Waals surface area contributed by atoms with Gasteiger partial charge >= 0.3 is 11.9 Å². The number of unbranched alkanes of at least 4 members (excludes halogenated alkanes) is 17. The first kappa shape index (κ1) is 62.0. The van der Waals surface area contributed by atoms with Gasteiger partial charge in [-0.15, -0.1) is 0 Å². The van der Waals surface area contributed by atoms with E-state index in [0.29, 0.717) is 12.8 Å². The summed E-state index contributed by atoms with van der Waals surface area (Å²) < 4.78 is 10.7. The molecule has 0 aliphatic rings. The number of carbonyl (C=O) groups excluding carboxylic acids is 2. The molecule has 0 aromatic heterocycles.